The Kier molecular flexibility index (Phi) is 4.92. The van der Waals surface area contributed by atoms with E-state index < -0.39 is 0 Å². The fourth-order valence-corrected chi connectivity index (χ4v) is 1.93. The summed E-state index contributed by atoms with van der Waals surface area (Å²) in [4.78, 5) is 13.3. The van der Waals surface area contributed by atoms with Gasteiger partial charge in [-0.25, -0.2) is 15.0 Å². The molecule has 6 heteroatoms. The lowest BCUT2D eigenvalue weighted by Gasteiger charge is -2.10. The molecule has 0 aliphatic heterocycles. The average molecular weight is 274 g/mol. The Morgan fingerprint density at radius 3 is 2.50 bits per heavy atom. The molecule has 6 nitrogen and oxygen atoms in total. The summed E-state index contributed by atoms with van der Waals surface area (Å²) in [6.45, 7) is 5.69. The fraction of sp³-hybridized carbons (Fsp3) is 0.500. The molecule has 2 aromatic heterocycles. The highest BCUT2D eigenvalue weighted by atomic mass is 15.1. The number of imidazole rings is 1. The van der Waals surface area contributed by atoms with Gasteiger partial charge in [0, 0.05) is 38.5 Å². The molecule has 0 atom stereocenters. The van der Waals surface area contributed by atoms with Crippen LogP contribution in [0.1, 0.15) is 31.9 Å². The largest absolute Gasteiger partial charge is 0.370 e. The first-order chi connectivity index (χ1) is 9.72. The molecule has 2 rings (SSSR count). The third-order valence-electron chi connectivity index (χ3n) is 2.95. The molecule has 0 amide bonds. The molecule has 2 heterocycles. The zero-order valence-corrected chi connectivity index (χ0v) is 12.3. The maximum absolute atomic E-state index is 4.54. The molecule has 2 N–H and O–H groups in total. The SMILES string of the molecule is CCCc1nc(NCC)cc(NCc2nccn2C)n1. The number of aryl methyl sites for hydroxylation is 2. The van der Waals surface area contributed by atoms with E-state index in [9.17, 15) is 0 Å². The summed E-state index contributed by atoms with van der Waals surface area (Å²) in [5, 5.41) is 6.55. The zero-order chi connectivity index (χ0) is 14.4. The first kappa shape index (κ1) is 14.3. The van der Waals surface area contributed by atoms with Crippen molar-refractivity contribution < 1.29 is 0 Å². The van der Waals surface area contributed by atoms with Crippen LogP contribution in [0.5, 0.6) is 0 Å². The Bertz CT molecular complexity index is 524. The van der Waals surface area contributed by atoms with Gasteiger partial charge in [-0.15, -0.1) is 0 Å². The molecule has 0 radical (unpaired) electrons. The monoisotopic (exact) mass is 274 g/mol. The molecule has 0 saturated heterocycles. The number of rotatable bonds is 7. The van der Waals surface area contributed by atoms with Crippen molar-refractivity contribution in [3.05, 3.63) is 30.1 Å². The lowest BCUT2D eigenvalue weighted by Crippen LogP contribution is -2.10. The summed E-state index contributed by atoms with van der Waals surface area (Å²) in [6, 6.07) is 1.94. The van der Waals surface area contributed by atoms with Crippen LogP contribution < -0.4 is 10.6 Å². The van der Waals surface area contributed by atoms with Crippen LogP contribution in [0.3, 0.4) is 0 Å². The van der Waals surface area contributed by atoms with E-state index in [1.54, 1.807) is 6.20 Å². The molecule has 2 aromatic rings. The Hall–Kier alpha value is -2.11. The highest BCUT2D eigenvalue weighted by molar-refractivity contribution is 5.47. The van der Waals surface area contributed by atoms with Crippen molar-refractivity contribution >= 4 is 11.6 Å². The summed E-state index contributed by atoms with van der Waals surface area (Å²) in [6.07, 6.45) is 5.65. The van der Waals surface area contributed by atoms with Gasteiger partial charge >= 0.3 is 0 Å². The zero-order valence-electron chi connectivity index (χ0n) is 12.3. The van der Waals surface area contributed by atoms with Crippen LogP contribution >= 0.6 is 0 Å². The molecule has 20 heavy (non-hydrogen) atoms. The number of hydrogen-bond acceptors (Lipinski definition) is 5. The van der Waals surface area contributed by atoms with Gasteiger partial charge in [0.1, 0.15) is 23.3 Å². The molecule has 0 aromatic carbocycles. The summed E-state index contributed by atoms with van der Waals surface area (Å²) in [7, 11) is 1.98. The van der Waals surface area contributed by atoms with Crippen molar-refractivity contribution in [2.75, 3.05) is 17.2 Å². The number of anilines is 2. The van der Waals surface area contributed by atoms with Gasteiger partial charge in [0.05, 0.1) is 6.54 Å². The summed E-state index contributed by atoms with van der Waals surface area (Å²) in [5.41, 5.74) is 0. The lowest BCUT2D eigenvalue weighted by atomic mass is 10.3. The Balaban J connectivity index is 2.11. The summed E-state index contributed by atoms with van der Waals surface area (Å²) < 4.78 is 1.99. The minimum Gasteiger partial charge on any atom is -0.370 e. The van der Waals surface area contributed by atoms with Crippen LogP contribution in [0, 0.1) is 0 Å². The van der Waals surface area contributed by atoms with Crippen molar-refractivity contribution in [1.82, 2.24) is 19.5 Å². The molecule has 0 aliphatic carbocycles. The molecule has 0 unspecified atom stereocenters. The lowest BCUT2D eigenvalue weighted by molar-refractivity contribution is 0.803. The minimum atomic E-state index is 0.650. The van der Waals surface area contributed by atoms with Crippen molar-refractivity contribution in [2.24, 2.45) is 7.05 Å². The third kappa shape index (κ3) is 3.69. The second kappa shape index (κ2) is 6.88. The molecule has 0 fully saturated rings. The van der Waals surface area contributed by atoms with E-state index in [4.69, 9.17) is 0 Å². The van der Waals surface area contributed by atoms with Gasteiger partial charge in [0.15, 0.2) is 0 Å². The maximum Gasteiger partial charge on any atom is 0.133 e. The maximum atomic E-state index is 4.54. The van der Waals surface area contributed by atoms with Crippen LogP contribution in [0.2, 0.25) is 0 Å². The molecule has 0 bridgehead atoms. The van der Waals surface area contributed by atoms with Gasteiger partial charge in [-0.05, 0) is 13.3 Å². The van der Waals surface area contributed by atoms with Crippen LogP contribution in [0.4, 0.5) is 11.6 Å². The third-order valence-corrected chi connectivity index (χ3v) is 2.95. The standard InChI is InChI=1S/C14H22N6/c1-4-6-11-18-12(15-5-2)9-13(19-11)17-10-14-16-7-8-20(14)3/h7-9H,4-6,10H2,1-3H3,(H2,15,17,18,19). The van der Waals surface area contributed by atoms with Gasteiger partial charge < -0.3 is 15.2 Å². The molecule has 0 aliphatic rings. The van der Waals surface area contributed by atoms with E-state index in [0.29, 0.717) is 6.54 Å². The van der Waals surface area contributed by atoms with E-state index in [0.717, 1.165) is 42.7 Å². The molecule has 108 valence electrons. The van der Waals surface area contributed by atoms with E-state index in [1.165, 1.54) is 0 Å². The first-order valence-electron chi connectivity index (χ1n) is 7.04. The average Bonchev–Trinajstić information content (AvgIpc) is 2.83. The van der Waals surface area contributed by atoms with Crippen LogP contribution in [-0.4, -0.2) is 26.1 Å². The summed E-state index contributed by atoms with van der Waals surface area (Å²) in [5.74, 6) is 3.55. The predicted octanol–water partition coefficient (Wildman–Crippen LogP) is 2.21. The fourth-order valence-electron chi connectivity index (χ4n) is 1.93. The highest BCUT2D eigenvalue weighted by Crippen LogP contribution is 2.13. The van der Waals surface area contributed by atoms with Crippen LogP contribution in [-0.2, 0) is 20.0 Å². The van der Waals surface area contributed by atoms with E-state index in [2.05, 4.69) is 39.4 Å². The number of nitrogens with one attached hydrogen (secondary N) is 2. The number of aromatic nitrogens is 4. The highest BCUT2D eigenvalue weighted by Gasteiger charge is 2.05. The van der Waals surface area contributed by atoms with Gasteiger partial charge in [-0.2, -0.15) is 0 Å². The van der Waals surface area contributed by atoms with Gasteiger partial charge in [-0.1, -0.05) is 6.92 Å². The Labute approximate surface area is 119 Å². The van der Waals surface area contributed by atoms with E-state index >= 15 is 0 Å². The second-order valence-electron chi connectivity index (χ2n) is 4.64. The van der Waals surface area contributed by atoms with Crippen molar-refractivity contribution in [1.29, 1.82) is 0 Å². The summed E-state index contributed by atoms with van der Waals surface area (Å²) >= 11 is 0. The number of nitrogens with zero attached hydrogens (tertiary/aromatic N) is 4. The molecule has 0 saturated carbocycles. The van der Waals surface area contributed by atoms with E-state index in [1.807, 2.05) is 23.9 Å². The van der Waals surface area contributed by atoms with Crippen molar-refractivity contribution in [3.63, 3.8) is 0 Å². The van der Waals surface area contributed by atoms with Gasteiger partial charge in [0.25, 0.3) is 0 Å². The normalized spacial score (nSPS) is 10.6. The van der Waals surface area contributed by atoms with Crippen LogP contribution in [0.15, 0.2) is 18.5 Å². The topological polar surface area (TPSA) is 67.7 Å². The molecule has 0 spiro atoms. The smallest absolute Gasteiger partial charge is 0.133 e. The van der Waals surface area contributed by atoms with Crippen molar-refractivity contribution in [3.8, 4) is 0 Å². The Morgan fingerprint density at radius 1 is 1.15 bits per heavy atom. The van der Waals surface area contributed by atoms with Crippen LogP contribution in [0.25, 0.3) is 0 Å². The van der Waals surface area contributed by atoms with E-state index in [-0.39, 0.29) is 0 Å². The second-order valence-corrected chi connectivity index (χ2v) is 4.64. The van der Waals surface area contributed by atoms with Gasteiger partial charge in [0.2, 0.25) is 0 Å². The van der Waals surface area contributed by atoms with Crippen molar-refractivity contribution in [2.45, 2.75) is 33.2 Å². The molecular formula is C14H22N6. The number of hydrogen-bond donors (Lipinski definition) is 2. The predicted molar refractivity (Wildman–Crippen MR) is 80.7 cm³/mol. The van der Waals surface area contributed by atoms with Gasteiger partial charge in [-0.3, -0.25) is 0 Å². The quantitative estimate of drug-likeness (QED) is 0.810. The first-order valence-corrected chi connectivity index (χ1v) is 7.04. The Morgan fingerprint density at radius 2 is 1.90 bits per heavy atom. The minimum absolute atomic E-state index is 0.650. The molecular weight excluding hydrogens is 252 g/mol.